The zero-order valence-corrected chi connectivity index (χ0v) is 32.1. The molecule has 54 heavy (non-hydrogen) atoms. The second-order valence-electron chi connectivity index (χ2n) is 15.3. The van der Waals surface area contributed by atoms with Gasteiger partial charge in [-0.25, -0.2) is 38.4 Å². The SMILES string of the molecule is CC(C)(C)OC(=O)NN1CCCCC/C=C\[C@@H]2C[C@]2(C(=O)NS(=O)(=O)C2CC2)NC(=O)[C@@H]2C[C@@H](Oc3nc4ccccc4nc3-c3cccs3)CN2C1=O. The molecule has 17 heteroatoms. The second kappa shape index (κ2) is 14.8. The average molecular weight is 780 g/mol. The molecule has 2 aliphatic carbocycles. The fraction of sp³-hybridized carbons (Fsp3) is 0.514. The first-order chi connectivity index (χ1) is 25.7. The normalized spacial score (nSPS) is 25.7. The molecule has 0 spiro atoms. The molecule has 2 aromatic heterocycles. The van der Waals surface area contributed by atoms with Gasteiger partial charge in [-0.05, 0) is 82.9 Å². The summed E-state index contributed by atoms with van der Waals surface area (Å²) in [6.07, 6.45) is 6.06. The van der Waals surface area contributed by atoms with Gasteiger partial charge in [-0.3, -0.25) is 14.3 Å². The van der Waals surface area contributed by atoms with Gasteiger partial charge in [0, 0.05) is 18.9 Å². The third-order valence-electron chi connectivity index (χ3n) is 9.82. The summed E-state index contributed by atoms with van der Waals surface area (Å²) in [7, 11) is -3.90. The van der Waals surface area contributed by atoms with E-state index in [4.69, 9.17) is 19.4 Å². The smallest absolute Gasteiger partial charge is 0.426 e. The van der Waals surface area contributed by atoms with Gasteiger partial charge in [0.1, 0.15) is 29.0 Å². The Morgan fingerprint density at radius 2 is 1.80 bits per heavy atom. The fourth-order valence-corrected chi connectivity index (χ4v) is 8.91. The molecule has 0 unspecified atom stereocenters. The van der Waals surface area contributed by atoms with Crippen molar-refractivity contribution in [1.29, 1.82) is 0 Å². The lowest BCUT2D eigenvalue weighted by atomic mass is 10.1. The van der Waals surface area contributed by atoms with Gasteiger partial charge in [0.25, 0.3) is 5.91 Å². The van der Waals surface area contributed by atoms with Crippen molar-refractivity contribution in [2.24, 2.45) is 5.92 Å². The van der Waals surface area contributed by atoms with E-state index >= 15 is 0 Å². The summed E-state index contributed by atoms with van der Waals surface area (Å²) < 4.78 is 39.9. The number of rotatable bonds is 7. The van der Waals surface area contributed by atoms with Crippen LogP contribution in [0.1, 0.15) is 72.1 Å². The Balaban J connectivity index is 1.21. The van der Waals surface area contributed by atoms with Crippen LogP contribution in [-0.4, -0.2) is 93.9 Å². The third kappa shape index (κ3) is 8.31. The van der Waals surface area contributed by atoms with Crippen LogP contribution in [0.4, 0.5) is 9.59 Å². The molecule has 2 saturated carbocycles. The van der Waals surface area contributed by atoms with Gasteiger partial charge in [-0.1, -0.05) is 36.8 Å². The highest BCUT2D eigenvalue weighted by Crippen LogP contribution is 2.46. The first-order valence-electron chi connectivity index (χ1n) is 18.3. The Morgan fingerprint density at radius 3 is 2.50 bits per heavy atom. The van der Waals surface area contributed by atoms with Crippen molar-refractivity contribution in [3.05, 3.63) is 53.9 Å². The van der Waals surface area contributed by atoms with Crippen LogP contribution in [0.5, 0.6) is 5.88 Å². The number of amides is 5. The van der Waals surface area contributed by atoms with Crippen LogP contribution in [0, 0.1) is 5.92 Å². The van der Waals surface area contributed by atoms with E-state index in [9.17, 15) is 27.6 Å². The summed E-state index contributed by atoms with van der Waals surface area (Å²) in [5.41, 5.74) is 2.02. The third-order valence-corrected chi connectivity index (χ3v) is 12.5. The molecule has 1 saturated heterocycles. The lowest BCUT2D eigenvalue weighted by Gasteiger charge is -2.32. The Labute approximate surface area is 317 Å². The molecule has 7 rings (SSSR count). The van der Waals surface area contributed by atoms with E-state index in [0.717, 1.165) is 22.7 Å². The van der Waals surface area contributed by atoms with Crippen LogP contribution < -0.4 is 20.2 Å². The number of urea groups is 1. The molecule has 288 valence electrons. The number of ether oxygens (including phenoxy) is 2. The highest BCUT2D eigenvalue weighted by atomic mass is 32.2. The predicted octanol–water partition coefficient (Wildman–Crippen LogP) is 4.66. The number of fused-ring (bicyclic) bond motifs is 3. The zero-order valence-electron chi connectivity index (χ0n) is 30.4. The maximum Gasteiger partial charge on any atom is 0.426 e. The minimum Gasteiger partial charge on any atom is -0.471 e. The Hall–Kier alpha value is -4.77. The Bertz CT molecular complexity index is 2060. The quantitative estimate of drug-likeness (QED) is 0.285. The molecular weight excluding hydrogens is 735 g/mol. The molecule has 2 aliphatic heterocycles. The van der Waals surface area contributed by atoms with Crippen LogP contribution in [0.3, 0.4) is 0 Å². The van der Waals surface area contributed by atoms with E-state index in [0.29, 0.717) is 42.4 Å². The topological polar surface area (TPSA) is 189 Å². The molecule has 5 amide bonds. The summed E-state index contributed by atoms with van der Waals surface area (Å²) in [5, 5.41) is 5.31. The largest absolute Gasteiger partial charge is 0.471 e. The zero-order chi connectivity index (χ0) is 38.3. The number of hydrogen-bond acceptors (Lipinski definition) is 11. The summed E-state index contributed by atoms with van der Waals surface area (Å²) >= 11 is 1.47. The number of carbonyl (C=O) groups excluding carboxylic acids is 4. The van der Waals surface area contributed by atoms with Gasteiger partial charge in [-0.15, -0.1) is 11.3 Å². The number of carbonyl (C=O) groups is 4. The lowest BCUT2D eigenvalue weighted by Crippen LogP contribution is -2.59. The van der Waals surface area contributed by atoms with Crippen LogP contribution in [-0.2, 0) is 24.3 Å². The molecule has 0 radical (unpaired) electrons. The van der Waals surface area contributed by atoms with Crippen LogP contribution in [0.15, 0.2) is 53.9 Å². The summed E-state index contributed by atoms with van der Waals surface area (Å²) in [5.74, 6) is -1.66. The van der Waals surface area contributed by atoms with Crippen molar-refractivity contribution in [2.45, 2.75) is 101 Å². The first kappa shape index (κ1) is 37.5. The standard InChI is InChI=1S/C37H45N7O8S2/c1-36(2,3)52-34(47)41-44-18-10-6-4-5-7-12-23-21-37(23,33(46)42-54(49,50)25-16-17-25)40-31(45)28-20-24(22-43(28)35(44)48)51-32-30(29-15-11-19-53-29)38-26-13-8-9-14-27(26)39-32/h7-9,11-15,19,23-25,28H,4-6,10,16-18,20-22H2,1-3H3,(H,40,45)(H,41,47)(H,42,46)/b12-7-/t23-,24-,28+,37+/m1/s1. The lowest BCUT2D eigenvalue weighted by molar-refractivity contribution is -0.131. The van der Waals surface area contributed by atoms with Gasteiger partial charge in [0.2, 0.25) is 21.8 Å². The van der Waals surface area contributed by atoms with Crippen molar-refractivity contribution in [3.8, 4) is 16.5 Å². The van der Waals surface area contributed by atoms with Gasteiger partial charge in [-0.2, -0.15) is 0 Å². The van der Waals surface area contributed by atoms with E-state index in [1.54, 1.807) is 20.8 Å². The van der Waals surface area contributed by atoms with Crippen molar-refractivity contribution in [1.82, 2.24) is 35.3 Å². The number of nitrogens with one attached hydrogen (secondary N) is 3. The molecule has 4 aliphatic rings. The van der Waals surface area contributed by atoms with Crippen LogP contribution in [0.2, 0.25) is 0 Å². The fourth-order valence-electron chi connectivity index (χ4n) is 6.84. The van der Waals surface area contributed by atoms with Crippen molar-refractivity contribution < 1.29 is 37.1 Å². The van der Waals surface area contributed by atoms with Gasteiger partial charge >= 0.3 is 12.1 Å². The molecule has 3 N–H and O–H groups in total. The van der Waals surface area contributed by atoms with E-state index in [-0.39, 0.29) is 31.8 Å². The maximum atomic E-state index is 14.5. The molecule has 3 fully saturated rings. The molecule has 0 bridgehead atoms. The molecule has 4 heterocycles. The summed E-state index contributed by atoms with van der Waals surface area (Å²) in [6.45, 7) is 5.21. The van der Waals surface area contributed by atoms with E-state index in [1.165, 1.54) is 16.2 Å². The van der Waals surface area contributed by atoms with Crippen molar-refractivity contribution >= 4 is 56.3 Å². The maximum absolute atomic E-state index is 14.5. The number of thiophene rings is 1. The molecule has 15 nitrogen and oxygen atoms in total. The minimum absolute atomic E-state index is 0.00875. The predicted molar refractivity (Wildman–Crippen MR) is 201 cm³/mol. The molecule has 1 aromatic carbocycles. The number of hydrazine groups is 1. The molecule has 4 atom stereocenters. The van der Waals surface area contributed by atoms with Crippen molar-refractivity contribution in [3.63, 3.8) is 0 Å². The Kier molecular flexibility index (Phi) is 10.3. The molecular formula is C37H45N7O8S2. The second-order valence-corrected chi connectivity index (χ2v) is 18.2. The van der Waals surface area contributed by atoms with E-state index in [2.05, 4.69) is 15.5 Å². The monoisotopic (exact) mass is 779 g/mol. The number of sulfonamides is 1. The Morgan fingerprint density at radius 1 is 1.04 bits per heavy atom. The number of aromatic nitrogens is 2. The van der Waals surface area contributed by atoms with E-state index in [1.807, 2.05) is 53.9 Å². The van der Waals surface area contributed by atoms with Crippen molar-refractivity contribution in [2.75, 3.05) is 13.1 Å². The van der Waals surface area contributed by atoms with Gasteiger partial charge < -0.3 is 19.7 Å². The molecule has 3 aromatic rings. The summed E-state index contributed by atoms with van der Waals surface area (Å²) in [4.78, 5) is 67.3. The van der Waals surface area contributed by atoms with E-state index < -0.39 is 68.4 Å². The number of nitrogens with zero attached hydrogens (tertiary/aromatic N) is 4. The van der Waals surface area contributed by atoms with Crippen LogP contribution in [0.25, 0.3) is 21.6 Å². The van der Waals surface area contributed by atoms with Gasteiger partial charge in [0.15, 0.2) is 0 Å². The number of para-hydroxylation sites is 2. The average Bonchev–Trinajstić information content (AvgIpc) is 3.97. The van der Waals surface area contributed by atoms with Gasteiger partial charge in [0.05, 0.1) is 27.7 Å². The number of allylic oxidation sites excluding steroid dienone is 1. The highest BCUT2D eigenvalue weighted by molar-refractivity contribution is 7.91. The number of hydrogen-bond donors (Lipinski definition) is 3. The number of benzene rings is 1. The first-order valence-corrected chi connectivity index (χ1v) is 20.7. The minimum atomic E-state index is -3.90. The summed E-state index contributed by atoms with van der Waals surface area (Å²) in [6, 6.07) is 9.36. The highest BCUT2D eigenvalue weighted by Gasteiger charge is 2.62. The van der Waals surface area contributed by atoms with Crippen LogP contribution >= 0.6 is 11.3 Å².